The molecule has 1 aromatic carbocycles. The number of carbonyl (C=O) groups excluding carboxylic acids is 1. The summed E-state index contributed by atoms with van der Waals surface area (Å²) < 4.78 is 11.3. The van der Waals surface area contributed by atoms with Gasteiger partial charge >= 0.3 is 0 Å². The number of benzene rings is 1. The second kappa shape index (κ2) is 6.22. The predicted octanol–water partition coefficient (Wildman–Crippen LogP) is 3.14. The van der Waals surface area contributed by atoms with Gasteiger partial charge in [-0.2, -0.15) is 0 Å². The lowest BCUT2D eigenvalue weighted by atomic mass is 10.1. The fourth-order valence-corrected chi connectivity index (χ4v) is 2.12. The van der Waals surface area contributed by atoms with Gasteiger partial charge < -0.3 is 9.47 Å². The maximum Gasteiger partial charge on any atom is 0.187 e. The first-order chi connectivity index (χ1) is 10.3. The van der Waals surface area contributed by atoms with E-state index in [1.807, 2.05) is 18.2 Å². The Balaban J connectivity index is 1.85. The Bertz CT molecular complexity index is 665. The quantitative estimate of drug-likeness (QED) is 0.640. The molecule has 0 amide bonds. The number of pyridine rings is 1. The first-order valence-electron chi connectivity index (χ1n) is 6.85. The van der Waals surface area contributed by atoms with Crippen molar-refractivity contribution >= 4 is 11.9 Å². The fraction of sp³-hybridized carbons (Fsp3) is 0.176. The molecule has 0 fully saturated rings. The van der Waals surface area contributed by atoms with Crippen molar-refractivity contribution in [3.63, 3.8) is 0 Å². The van der Waals surface area contributed by atoms with Crippen molar-refractivity contribution < 1.29 is 14.3 Å². The monoisotopic (exact) mass is 281 g/mol. The maximum absolute atomic E-state index is 12.1. The lowest BCUT2D eigenvalue weighted by Crippen LogP contribution is -1.98. The second-order valence-electron chi connectivity index (χ2n) is 4.66. The minimum absolute atomic E-state index is 0.0877. The second-order valence-corrected chi connectivity index (χ2v) is 4.66. The van der Waals surface area contributed by atoms with Gasteiger partial charge in [0.25, 0.3) is 0 Å². The van der Waals surface area contributed by atoms with Crippen LogP contribution in [0.25, 0.3) is 6.08 Å². The summed E-state index contributed by atoms with van der Waals surface area (Å²) in [6.07, 6.45) is 7.33. The molecule has 4 nitrogen and oxygen atoms in total. The van der Waals surface area contributed by atoms with Crippen LogP contribution in [-0.4, -0.2) is 24.0 Å². The average Bonchev–Trinajstić information content (AvgIpc) is 2.79. The molecule has 0 saturated heterocycles. The number of hydrogen-bond acceptors (Lipinski definition) is 4. The summed E-state index contributed by atoms with van der Waals surface area (Å²) in [7, 11) is 0. The molecule has 1 aliphatic heterocycles. The van der Waals surface area contributed by atoms with Crippen molar-refractivity contribution in [1.82, 2.24) is 4.98 Å². The highest BCUT2D eigenvalue weighted by Gasteiger charge is 2.13. The highest BCUT2D eigenvalue weighted by molar-refractivity contribution is 6.06. The summed E-state index contributed by atoms with van der Waals surface area (Å²) in [5.74, 6) is 1.34. The zero-order valence-corrected chi connectivity index (χ0v) is 11.5. The van der Waals surface area contributed by atoms with Gasteiger partial charge in [0.1, 0.15) is 0 Å². The van der Waals surface area contributed by atoms with Gasteiger partial charge in [-0.05, 0) is 30.4 Å². The number of ether oxygens (including phenoxy) is 2. The van der Waals surface area contributed by atoms with Crippen LogP contribution in [-0.2, 0) is 0 Å². The first-order valence-corrected chi connectivity index (χ1v) is 6.85. The summed E-state index contributed by atoms with van der Waals surface area (Å²) in [6.45, 7) is 1.27. The van der Waals surface area contributed by atoms with Gasteiger partial charge in [0.2, 0.25) is 0 Å². The number of aromatic nitrogens is 1. The summed E-state index contributed by atoms with van der Waals surface area (Å²) in [6, 6.07) is 9.15. The molecule has 1 aliphatic rings. The van der Waals surface area contributed by atoms with Crippen LogP contribution in [0.2, 0.25) is 0 Å². The Kier molecular flexibility index (Phi) is 3.96. The molecule has 0 unspecified atom stereocenters. The van der Waals surface area contributed by atoms with Gasteiger partial charge in [0.05, 0.1) is 13.2 Å². The molecule has 3 rings (SSSR count). The number of fused-ring (bicyclic) bond motifs is 1. The normalized spacial score (nSPS) is 13.9. The average molecular weight is 281 g/mol. The van der Waals surface area contributed by atoms with Crippen molar-refractivity contribution in [1.29, 1.82) is 0 Å². The zero-order chi connectivity index (χ0) is 14.5. The van der Waals surface area contributed by atoms with Crippen molar-refractivity contribution in [3.05, 3.63) is 59.9 Å². The first kappa shape index (κ1) is 13.4. The molecule has 0 bridgehead atoms. The van der Waals surface area contributed by atoms with Gasteiger partial charge in [-0.25, -0.2) is 0 Å². The lowest BCUT2D eigenvalue weighted by molar-refractivity contribution is 0.104. The van der Waals surface area contributed by atoms with Crippen LogP contribution < -0.4 is 9.47 Å². The summed E-state index contributed by atoms with van der Waals surface area (Å²) in [5.41, 5.74) is 1.40. The highest BCUT2D eigenvalue weighted by Crippen LogP contribution is 2.33. The van der Waals surface area contributed by atoms with E-state index < -0.39 is 0 Å². The summed E-state index contributed by atoms with van der Waals surface area (Å²) in [4.78, 5) is 16.0. The van der Waals surface area contributed by atoms with E-state index in [0.29, 0.717) is 24.5 Å². The van der Waals surface area contributed by atoms with Gasteiger partial charge in [-0.15, -0.1) is 0 Å². The number of ketones is 1. The number of hydrogen-bond donors (Lipinski definition) is 0. The number of nitrogens with zero attached hydrogens (tertiary/aromatic N) is 1. The molecule has 0 aliphatic carbocycles. The molecule has 2 heterocycles. The third-order valence-electron chi connectivity index (χ3n) is 3.16. The maximum atomic E-state index is 12.1. The van der Waals surface area contributed by atoms with Gasteiger partial charge in [0, 0.05) is 29.9 Å². The lowest BCUT2D eigenvalue weighted by Gasteiger charge is -2.09. The van der Waals surface area contributed by atoms with E-state index >= 15 is 0 Å². The molecular weight excluding hydrogens is 266 g/mol. The smallest absolute Gasteiger partial charge is 0.187 e. The van der Waals surface area contributed by atoms with Crippen LogP contribution in [0.4, 0.5) is 0 Å². The van der Waals surface area contributed by atoms with E-state index in [1.54, 1.807) is 30.6 Å². The third-order valence-corrected chi connectivity index (χ3v) is 3.16. The SMILES string of the molecule is O=C(/C=C/c1cccc2c1OCCCO2)c1cccnc1. The molecule has 0 atom stereocenters. The van der Waals surface area contributed by atoms with E-state index in [1.165, 1.54) is 6.08 Å². The molecule has 1 aromatic heterocycles. The Morgan fingerprint density at radius 1 is 1.14 bits per heavy atom. The van der Waals surface area contributed by atoms with Gasteiger partial charge in [-0.3, -0.25) is 9.78 Å². The molecular formula is C17H15NO3. The standard InChI is InChI=1S/C17H15NO3/c19-15(14-5-2-9-18-12-14)8-7-13-4-1-6-16-17(13)21-11-3-10-20-16/h1-2,4-9,12H,3,10-11H2/b8-7+. The highest BCUT2D eigenvalue weighted by atomic mass is 16.5. The van der Waals surface area contributed by atoms with Crippen LogP contribution in [0.5, 0.6) is 11.5 Å². The van der Waals surface area contributed by atoms with Gasteiger partial charge in [-0.1, -0.05) is 12.1 Å². The Morgan fingerprint density at radius 3 is 2.90 bits per heavy atom. The van der Waals surface area contributed by atoms with E-state index in [2.05, 4.69) is 4.98 Å². The summed E-state index contributed by atoms with van der Waals surface area (Å²) in [5, 5.41) is 0. The van der Waals surface area contributed by atoms with Crippen LogP contribution in [0.3, 0.4) is 0 Å². The van der Waals surface area contributed by atoms with E-state index in [0.717, 1.165) is 17.7 Å². The molecule has 21 heavy (non-hydrogen) atoms. The van der Waals surface area contributed by atoms with Crippen molar-refractivity contribution in [3.8, 4) is 11.5 Å². The minimum Gasteiger partial charge on any atom is -0.490 e. The molecule has 106 valence electrons. The molecule has 0 spiro atoms. The Hall–Kier alpha value is -2.62. The van der Waals surface area contributed by atoms with Crippen molar-refractivity contribution in [2.75, 3.05) is 13.2 Å². The van der Waals surface area contributed by atoms with Crippen LogP contribution in [0.15, 0.2) is 48.8 Å². The Labute approximate surface area is 123 Å². The number of allylic oxidation sites excluding steroid dienone is 1. The largest absolute Gasteiger partial charge is 0.490 e. The van der Waals surface area contributed by atoms with Gasteiger partial charge in [0.15, 0.2) is 17.3 Å². The number of rotatable bonds is 3. The number of para-hydroxylation sites is 1. The molecule has 0 N–H and O–H groups in total. The van der Waals surface area contributed by atoms with E-state index in [-0.39, 0.29) is 5.78 Å². The van der Waals surface area contributed by atoms with Crippen LogP contribution in [0.1, 0.15) is 22.3 Å². The summed E-state index contributed by atoms with van der Waals surface area (Å²) >= 11 is 0. The van der Waals surface area contributed by atoms with E-state index in [4.69, 9.17) is 9.47 Å². The minimum atomic E-state index is -0.0877. The molecule has 0 saturated carbocycles. The van der Waals surface area contributed by atoms with Crippen molar-refractivity contribution in [2.24, 2.45) is 0 Å². The molecule has 2 aromatic rings. The third kappa shape index (κ3) is 3.11. The Morgan fingerprint density at radius 2 is 2.05 bits per heavy atom. The van der Waals surface area contributed by atoms with Crippen LogP contribution in [0, 0.1) is 0 Å². The zero-order valence-electron chi connectivity index (χ0n) is 11.5. The van der Waals surface area contributed by atoms with Crippen LogP contribution >= 0.6 is 0 Å². The van der Waals surface area contributed by atoms with Crippen molar-refractivity contribution in [2.45, 2.75) is 6.42 Å². The van der Waals surface area contributed by atoms with E-state index in [9.17, 15) is 4.79 Å². The number of carbonyl (C=O) groups is 1. The molecule has 4 heteroatoms. The molecule has 0 radical (unpaired) electrons. The predicted molar refractivity (Wildman–Crippen MR) is 79.7 cm³/mol. The topological polar surface area (TPSA) is 48.4 Å². The fourth-order valence-electron chi connectivity index (χ4n) is 2.12.